The molecule has 0 spiro atoms. The number of nitrogens with one attached hydrogen (secondary N) is 1. The number of carbonyl (C=O) groups is 3. The summed E-state index contributed by atoms with van der Waals surface area (Å²) in [5, 5.41) is 11.4. The Morgan fingerprint density at radius 3 is 2.56 bits per heavy atom. The highest BCUT2D eigenvalue weighted by molar-refractivity contribution is 6.09. The molecule has 3 amide bonds. The molecule has 0 radical (unpaired) electrons. The minimum atomic E-state index is -1.18. The van der Waals surface area contributed by atoms with E-state index in [0.717, 1.165) is 17.7 Å². The van der Waals surface area contributed by atoms with Gasteiger partial charge in [-0.3, -0.25) is 4.79 Å². The van der Waals surface area contributed by atoms with E-state index in [1.807, 2.05) is 0 Å². The highest BCUT2D eigenvalue weighted by atomic mass is 16.4. The Bertz CT molecular complexity index is 377. The quantitative estimate of drug-likeness (QED) is 0.672. The number of hydrogen-bond donors (Lipinski definition) is 2. The molecule has 2 N–H and O–H groups in total. The molecule has 1 saturated heterocycles. The number of imide groups is 1. The molecule has 88 valence electrons. The van der Waals surface area contributed by atoms with Crippen LogP contribution >= 0.6 is 0 Å². The van der Waals surface area contributed by atoms with Crippen LogP contribution in [0.15, 0.2) is 0 Å². The molecule has 0 aromatic heterocycles. The van der Waals surface area contributed by atoms with Crippen LogP contribution in [0, 0.1) is 5.92 Å². The Labute approximate surface area is 92.6 Å². The van der Waals surface area contributed by atoms with Crippen LogP contribution in [0.4, 0.5) is 4.79 Å². The van der Waals surface area contributed by atoms with Gasteiger partial charge in [0.15, 0.2) is 0 Å². The van der Waals surface area contributed by atoms with Gasteiger partial charge in [0.2, 0.25) is 0 Å². The van der Waals surface area contributed by atoms with Gasteiger partial charge in [0.05, 0.1) is 0 Å². The normalized spacial score (nSPS) is 31.5. The molecule has 1 aliphatic carbocycles. The third-order valence-corrected chi connectivity index (χ3v) is 3.39. The summed E-state index contributed by atoms with van der Waals surface area (Å²) in [6.07, 6.45) is 1.80. The molecule has 2 unspecified atom stereocenters. The van der Waals surface area contributed by atoms with Gasteiger partial charge in [-0.1, -0.05) is 0 Å². The summed E-state index contributed by atoms with van der Waals surface area (Å²) >= 11 is 0. The highest BCUT2D eigenvalue weighted by Gasteiger charge is 2.57. The van der Waals surface area contributed by atoms with Gasteiger partial charge in [-0.15, -0.1) is 0 Å². The Kier molecular flexibility index (Phi) is 2.18. The van der Waals surface area contributed by atoms with E-state index in [1.165, 1.54) is 6.92 Å². The first kappa shape index (κ1) is 10.9. The summed E-state index contributed by atoms with van der Waals surface area (Å²) in [6.45, 7) is 3.00. The van der Waals surface area contributed by atoms with E-state index in [9.17, 15) is 14.4 Å². The number of carbonyl (C=O) groups excluding carboxylic acids is 2. The van der Waals surface area contributed by atoms with Gasteiger partial charge in [0.1, 0.15) is 11.6 Å². The average molecular weight is 226 g/mol. The zero-order valence-corrected chi connectivity index (χ0v) is 9.19. The zero-order valence-electron chi connectivity index (χ0n) is 9.19. The Balaban J connectivity index is 2.26. The molecule has 2 fully saturated rings. The van der Waals surface area contributed by atoms with Crippen molar-refractivity contribution >= 4 is 17.9 Å². The topological polar surface area (TPSA) is 86.7 Å². The highest BCUT2D eigenvalue weighted by Crippen LogP contribution is 2.42. The van der Waals surface area contributed by atoms with E-state index in [-0.39, 0.29) is 5.92 Å². The van der Waals surface area contributed by atoms with Gasteiger partial charge in [0, 0.05) is 0 Å². The number of hydrogen-bond acceptors (Lipinski definition) is 3. The number of urea groups is 1. The van der Waals surface area contributed by atoms with Crippen LogP contribution < -0.4 is 5.32 Å². The van der Waals surface area contributed by atoms with Crippen molar-refractivity contribution in [1.82, 2.24) is 10.2 Å². The molecule has 1 heterocycles. The maximum atomic E-state index is 12.0. The van der Waals surface area contributed by atoms with Gasteiger partial charge < -0.3 is 10.4 Å². The first-order valence-electron chi connectivity index (χ1n) is 5.26. The maximum Gasteiger partial charge on any atom is 0.326 e. The molecule has 0 aromatic rings. The predicted octanol–water partition coefficient (Wildman–Crippen LogP) is 0.180. The lowest BCUT2D eigenvalue weighted by Crippen LogP contribution is -2.48. The molecule has 1 aliphatic heterocycles. The molecule has 0 bridgehead atoms. The SMILES string of the molecule is CC(C(=O)O)N1C(=O)NC(C)(C2CC2)C1=O. The lowest BCUT2D eigenvalue weighted by Gasteiger charge is -2.22. The molecular formula is C10H14N2O4. The Hall–Kier alpha value is -1.59. The monoisotopic (exact) mass is 226 g/mol. The van der Waals surface area contributed by atoms with Crippen LogP contribution in [0.1, 0.15) is 26.7 Å². The van der Waals surface area contributed by atoms with Crippen molar-refractivity contribution < 1.29 is 19.5 Å². The van der Waals surface area contributed by atoms with Crippen molar-refractivity contribution in [2.24, 2.45) is 5.92 Å². The van der Waals surface area contributed by atoms with Crippen LogP contribution in [0.5, 0.6) is 0 Å². The minimum Gasteiger partial charge on any atom is -0.480 e. The second kappa shape index (κ2) is 3.20. The third kappa shape index (κ3) is 1.36. The molecule has 2 atom stereocenters. The van der Waals surface area contributed by atoms with Crippen molar-refractivity contribution in [1.29, 1.82) is 0 Å². The molecule has 0 aromatic carbocycles. The summed E-state index contributed by atoms with van der Waals surface area (Å²) < 4.78 is 0. The van der Waals surface area contributed by atoms with Gasteiger partial charge in [0.25, 0.3) is 5.91 Å². The van der Waals surface area contributed by atoms with Crippen molar-refractivity contribution in [3.63, 3.8) is 0 Å². The van der Waals surface area contributed by atoms with E-state index in [4.69, 9.17) is 5.11 Å². The Morgan fingerprint density at radius 2 is 2.12 bits per heavy atom. The predicted molar refractivity (Wildman–Crippen MR) is 53.6 cm³/mol. The van der Waals surface area contributed by atoms with Crippen molar-refractivity contribution in [2.75, 3.05) is 0 Å². The second-order valence-electron chi connectivity index (χ2n) is 4.60. The standard InChI is InChI=1S/C10H14N2O4/c1-5(7(13)14)12-8(15)10(2,6-3-4-6)11-9(12)16/h5-6H,3-4H2,1-2H3,(H,11,16)(H,13,14). The van der Waals surface area contributed by atoms with Crippen molar-refractivity contribution in [2.45, 2.75) is 38.3 Å². The van der Waals surface area contributed by atoms with Crippen LogP contribution in [-0.4, -0.2) is 39.5 Å². The van der Waals surface area contributed by atoms with Gasteiger partial charge in [-0.2, -0.15) is 0 Å². The van der Waals surface area contributed by atoms with E-state index < -0.39 is 29.5 Å². The summed E-state index contributed by atoms with van der Waals surface area (Å²) in [4.78, 5) is 35.3. The fourth-order valence-corrected chi connectivity index (χ4v) is 2.08. The zero-order chi connectivity index (χ0) is 12.1. The van der Waals surface area contributed by atoms with Crippen LogP contribution in [0.3, 0.4) is 0 Å². The van der Waals surface area contributed by atoms with Gasteiger partial charge in [-0.05, 0) is 32.6 Å². The number of nitrogens with zero attached hydrogens (tertiary/aromatic N) is 1. The average Bonchev–Trinajstić information content (AvgIpc) is 2.97. The van der Waals surface area contributed by atoms with Gasteiger partial charge >= 0.3 is 12.0 Å². The molecule has 1 saturated carbocycles. The number of amides is 3. The van der Waals surface area contributed by atoms with E-state index >= 15 is 0 Å². The smallest absolute Gasteiger partial charge is 0.326 e. The number of aliphatic carboxylic acids is 1. The number of rotatable bonds is 3. The van der Waals surface area contributed by atoms with Crippen LogP contribution in [-0.2, 0) is 9.59 Å². The van der Waals surface area contributed by atoms with E-state index in [0.29, 0.717) is 0 Å². The van der Waals surface area contributed by atoms with Crippen LogP contribution in [0.25, 0.3) is 0 Å². The third-order valence-electron chi connectivity index (χ3n) is 3.39. The number of carboxylic acid groups (broad SMARTS) is 1. The molecule has 16 heavy (non-hydrogen) atoms. The van der Waals surface area contributed by atoms with E-state index in [1.54, 1.807) is 6.92 Å². The van der Waals surface area contributed by atoms with Gasteiger partial charge in [-0.25, -0.2) is 14.5 Å². The molecular weight excluding hydrogens is 212 g/mol. The fourth-order valence-electron chi connectivity index (χ4n) is 2.08. The summed E-state index contributed by atoms with van der Waals surface area (Å²) in [5.74, 6) is -1.45. The fraction of sp³-hybridized carbons (Fsp3) is 0.700. The molecule has 6 heteroatoms. The number of carboxylic acids is 1. The molecule has 6 nitrogen and oxygen atoms in total. The summed E-state index contributed by atoms with van der Waals surface area (Å²) in [6, 6.07) is -1.72. The second-order valence-corrected chi connectivity index (χ2v) is 4.60. The van der Waals surface area contributed by atoms with Crippen molar-refractivity contribution in [3.05, 3.63) is 0 Å². The van der Waals surface area contributed by atoms with Crippen LogP contribution in [0.2, 0.25) is 0 Å². The summed E-state index contributed by atoms with van der Waals surface area (Å²) in [7, 11) is 0. The lowest BCUT2D eigenvalue weighted by molar-refractivity contribution is -0.147. The summed E-state index contributed by atoms with van der Waals surface area (Å²) in [5.41, 5.74) is -0.902. The maximum absolute atomic E-state index is 12.0. The Morgan fingerprint density at radius 1 is 1.56 bits per heavy atom. The largest absolute Gasteiger partial charge is 0.480 e. The lowest BCUT2D eigenvalue weighted by atomic mass is 9.96. The first-order valence-corrected chi connectivity index (χ1v) is 5.26. The molecule has 2 rings (SSSR count). The van der Waals surface area contributed by atoms with E-state index in [2.05, 4.69) is 5.32 Å². The first-order chi connectivity index (χ1) is 7.38. The van der Waals surface area contributed by atoms with Crippen molar-refractivity contribution in [3.8, 4) is 0 Å². The minimum absolute atomic E-state index is 0.148. The molecule has 2 aliphatic rings.